The summed E-state index contributed by atoms with van der Waals surface area (Å²) in [4.78, 5) is 0. The van der Waals surface area contributed by atoms with Gasteiger partial charge in [0.1, 0.15) is 11.4 Å². The monoisotopic (exact) mass is 331 g/mol. The summed E-state index contributed by atoms with van der Waals surface area (Å²) in [6.45, 7) is 6.34. The van der Waals surface area contributed by atoms with E-state index in [0.29, 0.717) is 0 Å². The summed E-state index contributed by atoms with van der Waals surface area (Å²) < 4.78 is 7.19. The number of nitrogens with one attached hydrogen (secondary N) is 1. The number of halogens is 1. The number of anilines is 1. The van der Waals surface area contributed by atoms with Gasteiger partial charge in [-0.25, -0.2) is 0 Å². The molecule has 0 radical (unpaired) electrons. The van der Waals surface area contributed by atoms with Crippen LogP contribution in [0.3, 0.4) is 0 Å². The summed E-state index contributed by atoms with van der Waals surface area (Å²) in [6.07, 6.45) is 0. The zero-order valence-corrected chi connectivity index (χ0v) is 13.5. The predicted octanol–water partition coefficient (Wildman–Crippen LogP) is 5.08. The van der Waals surface area contributed by atoms with Crippen LogP contribution in [0.2, 0.25) is 0 Å². The highest BCUT2D eigenvalue weighted by Gasteiger charge is 2.40. The molecule has 1 aliphatic rings. The normalized spacial score (nSPS) is 19.3. The summed E-state index contributed by atoms with van der Waals surface area (Å²) in [5.74, 6) is 0.976. The molecular weight excluding hydrogens is 314 g/mol. The molecular formula is C17H18BrNO. The third-order valence-corrected chi connectivity index (χ3v) is 4.66. The molecule has 3 heteroatoms. The molecule has 0 aliphatic carbocycles. The maximum Gasteiger partial charge on any atom is 0.128 e. The van der Waals surface area contributed by atoms with E-state index in [-0.39, 0.29) is 11.6 Å². The molecule has 0 spiro atoms. The van der Waals surface area contributed by atoms with Gasteiger partial charge in [0.25, 0.3) is 0 Å². The Morgan fingerprint density at radius 3 is 2.65 bits per heavy atom. The molecule has 1 heterocycles. The smallest absolute Gasteiger partial charge is 0.128 e. The Morgan fingerprint density at radius 2 is 1.90 bits per heavy atom. The minimum Gasteiger partial charge on any atom is -0.485 e. The highest BCUT2D eigenvalue weighted by Crippen LogP contribution is 2.44. The van der Waals surface area contributed by atoms with E-state index in [9.17, 15) is 0 Å². The summed E-state index contributed by atoms with van der Waals surface area (Å²) in [6, 6.07) is 14.7. The van der Waals surface area contributed by atoms with Gasteiger partial charge in [-0.05, 0) is 50.6 Å². The van der Waals surface area contributed by atoms with Crippen LogP contribution in [0.5, 0.6) is 5.75 Å². The highest BCUT2D eigenvalue weighted by molar-refractivity contribution is 9.10. The third-order valence-electron chi connectivity index (χ3n) is 3.77. The molecule has 2 aromatic rings. The number of hydrogen-bond donors (Lipinski definition) is 1. The number of ether oxygens (including phenoxy) is 1. The van der Waals surface area contributed by atoms with Crippen molar-refractivity contribution in [3.63, 3.8) is 0 Å². The van der Waals surface area contributed by atoms with E-state index in [0.717, 1.165) is 15.9 Å². The Hall–Kier alpha value is -1.48. The number of para-hydroxylation sites is 1. The summed E-state index contributed by atoms with van der Waals surface area (Å²) in [5.41, 5.74) is 3.30. The maximum atomic E-state index is 6.06. The SMILES string of the molecule is Cc1cc(NC2c3ccccc3OC2(C)C)ccc1Br. The van der Waals surface area contributed by atoms with Gasteiger partial charge < -0.3 is 10.1 Å². The first-order chi connectivity index (χ1) is 9.47. The molecule has 1 N–H and O–H groups in total. The van der Waals surface area contributed by atoms with Crippen molar-refractivity contribution in [2.45, 2.75) is 32.4 Å². The van der Waals surface area contributed by atoms with Crippen LogP contribution in [0.4, 0.5) is 5.69 Å². The number of fused-ring (bicyclic) bond motifs is 1. The first kappa shape index (κ1) is 13.5. The molecule has 104 valence electrons. The molecule has 0 bridgehead atoms. The minimum atomic E-state index is -0.259. The minimum absolute atomic E-state index is 0.152. The Balaban J connectivity index is 1.94. The average Bonchev–Trinajstić information content (AvgIpc) is 2.65. The maximum absolute atomic E-state index is 6.06. The van der Waals surface area contributed by atoms with Crippen molar-refractivity contribution in [1.29, 1.82) is 0 Å². The quantitative estimate of drug-likeness (QED) is 0.828. The standard InChI is InChI=1S/C17H18BrNO/c1-11-10-12(8-9-14(11)18)19-16-13-6-4-5-7-15(13)20-17(16,2)3/h4-10,16,19H,1-3H3. The molecule has 2 aromatic carbocycles. The fraction of sp³-hybridized carbons (Fsp3) is 0.294. The van der Waals surface area contributed by atoms with E-state index in [1.54, 1.807) is 0 Å². The first-order valence-electron chi connectivity index (χ1n) is 6.78. The Labute approximate surface area is 128 Å². The fourth-order valence-corrected chi connectivity index (χ4v) is 2.93. The molecule has 0 aromatic heterocycles. The van der Waals surface area contributed by atoms with E-state index >= 15 is 0 Å². The van der Waals surface area contributed by atoms with Gasteiger partial charge in [-0.3, -0.25) is 0 Å². The molecule has 3 rings (SSSR count). The van der Waals surface area contributed by atoms with E-state index in [2.05, 4.69) is 72.3 Å². The van der Waals surface area contributed by atoms with Crippen LogP contribution in [0.1, 0.15) is 31.0 Å². The summed E-state index contributed by atoms with van der Waals surface area (Å²) >= 11 is 3.54. The zero-order chi connectivity index (χ0) is 14.3. The fourth-order valence-electron chi connectivity index (χ4n) is 2.68. The molecule has 1 atom stereocenters. The van der Waals surface area contributed by atoms with Crippen molar-refractivity contribution in [3.8, 4) is 5.75 Å². The second kappa shape index (κ2) is 4.81. The lowest BCUT2D eigenvalue weighted by molar-refractivity contribution is 0.118. The van der Waals surface area contributed by atoms with Crippen molar-refractivity contribution in [2.75, 3.05) is 5.32 Å². The number of benzene rings is 2. The molecule has 0 fully saturated rings. The van der Waals surface area contributed by atoms with Gasteiger partial charge in [0, 0.05) is 15.7 Å². The Kier molecular flexibility index (Phi) is 3.25. The van der Waals surface area contributed by atoms with Crippen LogP contribution in [-0.4, -0.2) is 5.60 Å². The molecule has 1 aliphatic heterocycles. The van der Waals surface area contributed by atoms with Crippen LogP contribution in [0.15, 0.2) is 46.9 Å². The van der Waals surface area contributed by atoms with Crippen LogP contribution < -0.4 is 10.1 Å². The van der Waals surface area contributed by atoms with Gasteiger partial charge in [0.15, 0.2) is 0 Å². The van der Waals surface area contributed by atoms with Gasteiger partial charge in [-0.15, -0.1) is 0 Å². The molecule has 0 saturated carbocycles. The molecule has 1 unspecified atom stereocenters. The van der Waals surface area contributed by atoms with Crippen molar-refractivity contribution < 1.29 is 4.74 Å². The lowest BCUT2D eigenvalue weighted by Gasteiger charge is -2.28. The summed E-state index contributed by atoms with van der Waals surface area (Å²) in [5, 5.41) is 3.61. The van der Waals surface area contributed by atoms with Crippen LogP contribution in [0.25, 0.3) is 0 Å². The van der Waals surface area contributed by atoms with Gasteiger partial charge in [0.05, 0.1) is 6.04 Å². The highest BCUT2D eigenvalue weighted by atomic mass is 79.9. The molecule has 2 nitrogen and oxygen atoms in total. The third kappa shape index (κ3) is 2.31. The average molecular weight is 332 g/mol. The topological polar surface area (TPSA) is 21.3 Å². The van der Waals surface area contributed by atoms with E-state index in [4.69, 9.17) is 4.74 Å². The van der Waals surface area contributed by atoms with Crippen LogP contribution in [-0.2, 0) is 0 Å². The van der Waals surface area contributed by atoms with E-state index in [1.807, 2.05) is 12.1 Å². The molecule has 0 amide bonds. The van der Waals surface area contributed by atoms with Gasteiger partial charge in [0.2, 0.25) is 0 Å². The van der Waals surface area contributed by atoms with Gasteiger partial charge in [-0.2, -0.15) is 0 Å². The van der Waals surface area contributed by atoms with Crippen molar-refractivity contribution >= 4 is 21.6 Å². The summed E-state index contributed by atoms with van der Waals surface area (Å²) in [7, 11) is 0. The second-order valence-corrected chi connectivity index (χ2v) is 6.64. The van der Waals surface area contributed by atoms with E-state index in [1.165, 1.54) is 11.1 Å². The van der Waals surface area contributed by atoms with Crippen LogP contribution >= 0.6 is 15.9 Å². The molecule has 20 heavy (non-hydrogen) atoms. The van der Waals surface area contributed by atoms with Crippen molar-refractivity contribution in [2.24, 2.45) is 0 Å². The number of hydrogen-bond acceptors (Lipinski definition) is 2. The predicted molar refractivity (Wildman–Crippen MR) is 86.4 cm³/mol. The first-order valence-corrected chi connectivity index (χ1v) is 7.57. The lowest BCUT2D eigenvalue weighted by atomic mass is 9.94. The zero-order valence-electron chi connectivity index (χ0n) is 11.9. The largest absolute Gasteiger partial charge is 0.485 e. The van der Waals surface area contributed by atoms with Gasteiger partial charge >= 0.3 is 0 Å². The Bertz CT molecular complexity index is 651. The van der Waals surface area contributed by atoms with Gasteiger partial charge in [-0.1, -0.05) is 34.1 Å². The Morgan fingerprint density at radius 1 is 1.15 bits per heavy atom. The van der Waals surface area contributed by atoms with Crippen molar-refractivity contribution in [1.82, 2.24) is 0 Å². The van der Waals surface area contributed by atoms with Crippen LogP contribution in [0, 0.1) is 6.92 Å². The number of aryl methyl sites for hydroxylation is 1. The molecule has 0 saturated heterocycles. The lowest BCUT2D eigenvalue weighted by Crippen LogP contribution is -2.34. The van der Waals surface area contributed by atoms with Crippen molar-refractivity contribution in [3.05, 3.63) is 58.1 Å². The second-order valence-electron chi connectivity index (χ2n) is 5.78. The van der Waals surface area contributed by atoms with E-state index < -0.39 is 0 Å². The number of rotatable bonds is 2.